The van der Waals surface area contributed by atoms with E-state index in [2.05, 4.69) is 5.32 Å². The molecule has 0 unspecified atom stereocenters. The first kappa shape index (κ1) is 14.1. The monoisotopic (exact) mass is 289 g/mol. The van der Waals surface area contributed by atoms with Crippen LogP contribution in [0.25, 0.3) is 0 Å². The molecule has 0 aliphatic carbocycles. The number of carbonyl (C=O) groups excluding carboxylic acids is 2. The summed E-state index contributed by atoms with van der Waals surface area (Å²) in [6.07, 6.45) is 1.06. The summed E-state index contributed by atoms with van der Waals surface area (Å²) in [6.45, 7) is 2.42. The van der Waals surface area contributed by atoms with Crippen molar-refractivity contribution in [2.75, 3.05) is 13.7 Å². The molecular weight excluding hydrogens is 270 g/mol. The predicted molar refractivity (Wildman–Crippen MR) is 75.5 cm³/mol. The van der Waals surface area contributed by atoms with Crippen molar-refractivity contribution in [3.63, 3.8) is 0 Å². The number of hydrogen-bond acceptors (Lipinski definition) is 5. The molecule has 3 rings (SSSR count). The number of cyclic esters (lactones) is 1. The summed E-state index contributed by atoms with van der Waals surface area (Å²) in [6, 6.07) is 7.33. The third-order valence-electron chi connectivity index (χ3n) is 4.54. The van der Waals surface area contributed by atoms with Crippen molar-refractivity contribution >= 4 is 11.9 Å². The minimum atomic E-state index is -0.660. The molecule has 3 atom stereocenters. The van der Waals surface area contributed by atoms with Gasteiger partial charge in [-0.3, -0.25) is 14.9 Å². The van der Waals surface area contributed by atoms with Gasteiger partial charge in [0, 0.05) is 6.04 Å². The molecule has 0 radical (unpaired) electrons. The molecule has 2 fully saturated rings. The van der Waals surface area contributed by atoms with Gasteiger partial charge in [-0.2, -0.15) is 0 Å². The van der Waals surface area contributed by atoms with Crippen molar-refractivity contribution in [2.45, 2.75) is 31.8 Å². The van der Waals surface area contributed by atoms with Crippen LogP contribution in [0.1, 0.15) is 30.0 Å². The number of benzene rings is 1. The van der Waals surface area contributed by atoms with Crippen molar-refractivity contribution in [3.8, 4) is 0 Å². The third kappa shape index (κ3) is 2.21. The van der Waals surface area contributed by atoms with Gasteiger partial charge in [-0.15, -0.1) is 0 Å². The second-order valence-electron chi connectivity index (χ2n) is 5.84. The minimum Gasteiger partial charge on any atom is -0.468 e. The number of aryl methyl sites for hydroxylation is 1. The van der Waals surface area contributed by atoms with Crippen LogP contribution in [0.15, 0.2) is 24.3 Å². The number of hydrogen-bond donors (Lipinski definition) is 1. The quantitative estimate of drug-likeness (QED) is 0.836. The number of esters is 2. The number of nitrogens with one attached hydrogen (secondary N) is 1. The number of ether oxygens (including phenoxy) is 2. The standard InChI is InChI=1S/C16H19NO4/c1-10-4-3-5-11(8-10)13-16(6-7-21-15(16)19)9-12(17-13)14(18)20-2/h3-5,8,12-13,17H,6-7,9H2,1-2H3/t12-,13-,16+/m1/s1. The van der Waals surface area contributed by atoms with E-state index in [0.717, 1.165) is 11.1 Å². The molecule has 2 aliphatic heterocycles. The highest BCUT2D eigenvalue weighted by atomic mass is 16.5. The molecule has 2 saturated heterocycles. The van der Waals surface area contributed by atoms with Gasteiger partial charge in [-0.05, 0) is 25.3 Å². The van der Waals surface area contributed by atoms with Crippen LogP contribution >= 0.6 is 0 Å². The smallest absolute Gasteiger partial charge is 0.322 e. The molecule has 2 heterocycles. The molecule has 0 amide bonds. The first-order chi connectivity index (χ1) is 10.1. The van der Waals surface area contributed by atoms with E-state index in [4.69, 9.17) is 9.47 Å². The highest BCUT2D eigenvalue weighted by Gasteiger charge is 2.58. The Labute approximate surface area is 123 Å². The van der Waals surface area contributed by atoms with Crippen LogP contribution in [-0.2, 0) is 19.1 Å². The number of rotatable bonds is 2. The van der Waals surface area contributed by atoms with Gasteiger partial charge in [0.1, 0.15) is 6.04 Å². The molecule has 1 N–H and O–H groups in total. The van der Waals surface area contributed by atoms with E-state index in [0.29, 0.717) is 19.4 Å². The van der Waals surface area contributed by atoms with Gasteiger partial charge in [0.25, 0.3) is 0 Å². The van der Waals surface area contributed by atoms with Gasteiger partial charge in [0.2, 0.25) is 0 Å². The summed E-state index contributed by atoms with van der Waals surface area (Å²) in [4.78, 5) is 24.2. The Hall–Kier alpha value is -1.88. The Morgan fingerprint density at radius 2 is 2.29 bits per heavy atom. The van der Waals surface area contributed by atoms with E-state index in [-0.39, 0.29) is 18.0 Å². The summed E-state index contributed by atoms with van der Waals surface area (Å²) in [7, 11) is 1.36. The molecule has 5 heteroatoms. The Bertz CT molecular complexity index is 585. The van der Waals surface area contributed by atoms with E-state index in [1.807, 2.05) is 31.2 Å². The highest BCUT2D eigenvalue weighted by Crippen LogP contribution is 2.50. The fourth-order valence-corrected chi connectivity index (χ4v) is 3.48. The van der Waals surface area contributed by atoms with Crippen molar-refractivity contribution in [3.05, 3.63) is 35.4 Å². The maximum atomic E-state index is 12.3. The first-order valence-electron chi connectivity index (χ1n) is 7.14. The normalized spacial score (nSPS) is 31.4. The maximum Gasteiger partial charge on any atom is 0.322 e. The second kappa shape index (κ2) is 5.15. The Kier molecular flexibility index (Phi) is 3.45. The molecule has 1 aromatic rings. The fourth-order valence-electron chi connectivity index (χ4n) is 3.48. The van der Waals surface area contributed by atoms with Gasteiger partial charge >= 0.3 is 11.9 Å². The molecule has 112 valence electrons. The zero-order valence-electron chi connectivity index (χ0n) is 12.2. The molecule has 0 aromatic heterocycles. The lowest BCUT2D eigenvalue weighted by Gasteiger charge is -2.26. The largest absolute Gasteiger partial charge is 0.468 e. The summed E-state index contributed by atoms with van der Waals surface area (Å²) < 4.78 is 10.0. The average Bonchev–Trinajstić information content (AvgIpc) is 3.04. The topological polar surface area (TPSA) is 64.6 Å². The highest BCUT2D eigenvalue weighted by molar-refractivity contribution is 5.84. The van der Waals surface area contributed by atoms with Gasteiger partial charge in [-0.1, -0.05) is 29.8 Å². The first-order valence-corrected chi connectivity index (χ1v) is 7.14. The van der Waals surface area contributed by atoms with Crippen LogP contribution < -0.4 is 5.32 Å². The molecule has 1 spiro atoms. The third-order valence-corrected chi connectivity index (χ3v) is 4.54. The van der Waals surface area contributed by atoms with E-state index in [1.165, 1.54) is 7.11 Å². The van der Waals surface area contributed by atoms with Crippen LogP contribution in [0.3, 0.4) is 0 Å². The lowest BCUT2D eigenvalue weighted by Crippen LogP contribution is -2.34. The summed E-state index contributed by atoms with van der Waals surface area (Å²) in [5.74, 6) is -0.544. The number of carbonyl (C=O) groups is 2. The Balaban J connectivity index is 1.99. The van der Waals surface area contributed by atoms with Crippen molar-refractivity contribution in [2.24, 2.45) is 5.41 Å². The number of methoxy groups -OCH3 is 1. The van der Waals surface area contributed by atoms with E-state index >= 15 is 0 Å². The zero-order valence-corrected chi connectivity index (χ0v) is 12.2. The lowest BCUT2D eigenvalue weighted by molar-refractivity contribution is -0.147. The molecule has 1 aromatic carbocycles. The van der Waals surface area contributed by atoms with Crippen LogP contribution in [0, 0.1) is 12.3 Å². The van der Waals surface area contributed by atoms with Crippen molar-refractivity contribution in [1.29, 1.82) is 0 Å². The molecule has 5 nitrogen and oxygen atoms in total. The van der Waals surface area contributed by atoms with Gasteiger partial charge < -0.3 is 9.47 Å². The molecule has 21 heavy (non-hydrogen) atoms. The van der Waals surface area contributed by atoms with E-state index in [9.17, 15) is 9.59 Å². The molecule has 0 bridgehead atoms. The molecule has 0 saturated carbocycles. The Morgan fingerprint density at radius 1 is 1.48 bits per heavy atom. The van der Waals surface area contributed by atoms with Crippen LogP contribution in [0.4, 0.5) is 0 Å². The Morgan fingerprint density at radius 3 is 2.90 bits per heavy atom. The minimum absolute atomic E-state index is 0.212. The van der Waals surface area contributed by atoms with Crippen molar-refractivity contribution in [1.82, 2.24) is 5.32 Å². The fraction of sp³-hybridized carbons (Fsp3) is 0.500. The van der Waals surface area contributed by atoms with Crippen LogP contribution in [0.2, 0.25) is 0 Å². The second-order valence-corrected chi connectivity index (χ2v) is 5.84. The SMILES string of the molecule is COC(=O)[C@H]1C[C@@]2(CCOC2=O)[C@@H](c2cccc(C)c2)N1. The van der Waals surface area contributed by atoms with Crippen LogP contribution in [0.5, 0.6) is 0 Å². The molecule has 2 aliphatic rings. The van der Waals surface area contributed by atoms with Gasteiger partial charge in [0.15, 0.2) is 0 Å². The van der Waals surface area contributed by atoms with E-state index < -0.39 is 11.5 Å². The van der Waals surface area contributed by atoms with Gasteiger partial charge in [-0.25, -0.2) is 0 Å². The van der Waals surface area contributed by atoms with Crippen molar-refractivity contribution < 1.29 is 19.1 Å². The lowest BCUT2D eigenvalue weighted by atomic mass is 9.75. The zero-order chi connectivity index (χ0) is 15.0. The summed E-state index contributed by atoms with van der Waals surface area (Å²) in [5, 5.41) is 3.27. The summed E-state index contributed by atoms with van der Waals surface area (Å²) >= 11 is 0. The average molecular weight is 289 g/mol. The summed E-state index contributed by atoms with van der Waals surface area (Å²) in [5.41, 5.74) is 1.48. The predicted octanol–water partition coefficient (Wildman–Crippen LogP) is 1.50. The maximum absolute atomic E-state index is 12.3. The van der Waals surface area contributed by atoms with E-state index in [1.54, 1.807) is 0 Å². The molecular formula is C16H19NO4. The van der Waals surface area contributed by atoms with Gasteiger partial charge in [0.05, 0.1) is 19.1 Å². The van der Waals surface area contributed by atoms with Crippen LogP contribution in [-0.4, -0.2) is 31.7 Å².